The van der Waals surface area contributed by atoms with Gasteiger partial charge in [0, 0.05) is 6.21 Å². The highest BCUT2D eigenvalue weighted by atomic mass is 16.6. The van der Waals surface area contributed by atoms with Crippen molar-refractivity contribution in [3.63, 3.8) is 0 Å². The highest BCUT2D eigenvalue weighted by Gasteiger charge is 1.93. The first-order valence-corrected chi connectivity index (χ1v) is 5.08. The highest BCUT2D eigenvalue weighted by Crippen LogP contribution is 2.07. The van der Waals surface area contributed by atoms with Crippen molar-refractivity contribution in [3.8, 4) is 0 Å². The first-order valence-electron chi connectivity index (χ1n) is 5.08. The van der Waals surface area contributed by atoms with Crippen LogP contribution in [0.1, 0.15) is 31.4 Å². The Hall–Kier alpha value is -1.31. The third-order valence-electron chi connectivity index (χ3n) is 1.96. The average Bonchev–Trinajstić information content (AvgIpc) is 2.25. The SMILES string of the molecule is CCC=NOCc1cccc(CC)c1. The van der Waals surface area contributed by atoms with Crippen LogP contribution >= 0.6 is 0 Å². The largest absolute Gasteiger partial charge is 0.391 e. The summed E-state index contributed by atoms with van der Waals surface area (Å²) in [6.07, 6.45) is 3.74. The molecule has 0 bridgehead atoms. The van der Waals surface area contributed by atoms with Crippen LogP contribution in [-0.2, 0) is 17.9 Å². The lowest BCUT2D eigenvalue weighted by atomic mass is 10.1. The van der Waals surface area contributed by atoms with E-state index >= 15 is 0 Å². The molecule has 0 aliphatic carbocycles. The second-order valence-corrected chi connectivity index (χ2v) is 3.14. The van der Waals surface area contributed by atoms with Gasteiger partial charge in [-0.2, -0.15) is 0 Å². The van der Waals surface area contributed by atoms with Gasteiger partial charge in [0.25, 0.3) is 0 Å². The van der Waals surface area contributed by atoms with Crippen molar-refractivity contribution >= 4 is 6.21 Å². The minimum atomic E-state index is 0.560. The highest BCUT2D eigenvalue weighted by molar-refractivity contribution is 5.55. The molecule has 0 saturated heterocycles. The molecule has 0 N–H and O–H groups in total. The first kappa shape index (κ1) is 10.8. The zero-order chi connectivity index (χ0) is 10.2. The second-order valence-electron chi connectivity index (χ2n) is 3.14. The van der Waals surface area contributed by atoms with Crippen molar-refractivity contribution < 1.29 is 4.84 Å². The molecule has 14 heavy (non-hydrogen) atoms. The number of rotatable bonds is 5. The van der Waals surface area contributed by atoms with Crippen LogP contribution in [0.4, 0.5) is 0 Å². The molecular weight excluding hydrogens is 174 g/mol. The van der Waals surface area contributed by atoms with E-state index in [9.17, 15) is 0 Å². The molecule has 2 nitrogen and oxygen atoms in total. The van der Waals surface area contributed by atoms with E-state index in [0.717, 1.165) is 12.8 Å². The van der Waals surface area contributed by atoms with E-state index in [0.29, 0.717) is 6.61 Å². The van der Waals surface area contributed by atoms with E-state index in [4.69, 9.17) is 4.84 Å². The van der Waals surface area contributed by atoms with E-state index in [1.807, 2.05) is 6.92 Å². The molecule has 0 fully saturated rings. The Kier molecular flexibility index (Phi) is 4.76. The summed E-state index contributed by atoms with van der Waals surface area (Å²) in [6.45, 7) is 4.74. The molecule has 0 unspecified atom stereocenters. The molecule has 0 saturated carbocycles. The van der Waals surface area contributed by atoms with E-state index < -0.39 is 0 Å². The van der Waals surface area contributed by atoms with Crippen molar-refractivity contribution in [1.82, 2.24) is 0 Å². The smallest absolute Gasteiger partial charge is 0.142 e. The Morgan fingerprint density at radius 1 is 1.29 bits per heavy atom. The molecule has 1 aromatic carbocycles. The third kappa shape index (κ3) is 3.60. The predicted molar refractivity (Wildman–Crippen MR) is 59.4 cm³/mol. The molecule has 1 rings (SSSR count). The van der Waals surface area contributed by atoms with Crippen LogP contribution < -0.4 is 0 Å². The first-order chi connectivity index (χ1) is 6.86. The van der Waals surface area contributed by atoms with Gasteiger partial charge in [-0.05, 0) is 24.0 Å². The van der Waals surface area contributed by atoms with E-state index in [1.165, 1.54) is 11.1 Å². The third-order valence-corrected chi connectivity index (χ3v) is 1.96. The fourth-order valence-corrected chi connectivity index (χ4v) is 1.18. The maximum Gasteiger partial charge on any atom is 0.142 e. The summed E-state index contributed by atoms with van der Waals surface area (Å²) >= 11 is 0. The van der Waals surface area contributed by atoms with Crippen molar-refractivity contribution in [2.24, 2.45) is 5.16 Å². The standard InChI is InChI=1S/C12H17NO/c1-3-8-13-14-10-12-7-5-6-11(4-2)9-12/h5-9H,3-4,10H2,1-2H3. The molecule has 0 radical (unpaired) electrons. The maximum atomic E-state index is 5.13. The van der Waals surface area contributed by atoms with Gasteiger partial charge >= 0.3 is 0 Å². The minimum absolute atomic E-state index is 0.560. The van der Waals surface area contributed by atoms with Gasteiger partial charge in [0.05, 0.1) is 0 Å². The Balaban J connectivity index is 2.46. The van der Waals surface area contributed by atoms with Gasteiger partial charge in [-0.15, -0.1) is 0 Å². The monoisotopic (exact) mass is 191 g/mol. The number of hydrogen-bond acceptors (Lipinski definition) is 2. The molecule has 0 aromatic heterocycles. The van der Waals surface area contributed by atoms with Crippen LogP contribution in [0.25, 0.3) is 0 Å². The van der Waals surface area contributed by atoms with Crippen LogP contribution in [0.3, 0.4) is 0 Å². The Morgan fingerprint density at radius 2 is 2.07 bits per heavy atom. The maximum absolute atomic E-state index is 5.13. The fraction of sp³-hybridized carbons (Fsp3) is 0.417. The van der Waals surface area contributed by atoms with Gasteiger partial charge in [0.1, 0.15) is 6.61 Å². The molecular formula is C12H17NO. The van der Waals surface area contributed by atoms with Gasteiger partial charge in [-0.3, -0.25) is 0 Å². The number of aryl methyl sites for hydroxylation is 1. The summed E-state index contributed by atoms with van der Waals surface area (Å²) in [4.78, 5) is 5.13. The lowest BCUT2D eigenvalue weighted by Gasteiger charge is -2.01. The molecule has 2 heteroatoms. The molecule has 0 aliphatic rings. The van der Waals surface area contributed by atoms with Crippen molar-refractivity contribution in [2.75, 3.05) is 0 Å². The zero-order valence-electron chi connectivity index (χ0n) is 8.86. The normalized spacial score (nSPS) is 10.7. The molecule has 0 spiro atoms. The lowest BCUT2D eigenvalue weighted by molar-refractivity contribution is 0.131. The van der Waals surface area contributed by atoms with Gasteiger partial charge < -0.3 is 4.84 Å². The Labute approximate surface area is 85.6 Å². The lowest BCUT2D eigenvalue weighted by Crippen LogP contribution is -1.89. The summed E-state index contributed by atoms with van der Waals surface area (Å²) in [5.41, 5.74) is 2.52. The average molecular weight is 191 g/mol. The van der Waals surface area contributed by atoms with E-state index in [1.54, 1.807) is 6.21 Å². The molecule has 76 valence electrons. The number of oxime groups is 1. The molecule has 0 atom stereocenters. The van der Waals surface area contributed by atoms with Crippen LogP contribution in [0.5, 0.6) is 0 Å². The van der Waals surface area contributed by atoms with E-state index in [-0.39, 0.29) is 0 Å². The summed E-state index contributed by atoms with van der Waals surface area (Å²) in [7, 11) is 0. The molecule has 0 heterocycles. The minimum Gasteiger partial charge on any atom is -0.391 e. The van der Waals surface area contributed by atoms with Crippen LogP contribution in [0, 0.1) is 0 Å². The number of nitrogens with zero attached hydrogens (tertiary/aromatic N) is 1. The van der Waals surface area contributed by atoms with Crippen molar-refractivity contribution in [1.29, 1.82) is 0 Å². The summed E-state index contributed by atoms with van der Waals surface area (Å²) < 4.78 is 0. The van der Waals surface area contributed by atoms with Gasteiger partial charge in [-0.1, -0.05) is 43.3 Å². The summed E-state index contributed by atoms with van der Waals surface area (Å²) in [5, 5.41) is 3.82. The van der Waals surface area contributed by atoms with E-state index in [2.05, 4.69) is 36.3 Å². The Bertz CT molecular complexity index is 294. The summed E-state index contributed by atoms with van der Waals surface area (Å²) in [5.74, 6) is 0. The molecule has 0 aliphatic heterocycles. The van der Waals surface area contributed by atoms with Crippen LogP contribution in [0.15, 0.2) is 29.4 Å². The number of benzene rings is 1. The Morgan fingerprint density at radius 3 is 2.79 bits per heavy atom. The topological polar surface area (TPSA) is 21.6 Å². The van der Waals surface area contributed by atoms with Gasteiger partial charge in [0.15, 0.2) is 0 Å². The van der Waals surface area contributed by atoms with Gasteiger partial charge in [-0.25, -0.2) is 0 Å². The van der Waals surface area contributed by atoms with Gasteiger partial charge in [0.2, 0.25) is 0 Å². The summed E-state index contributed by atoms with van der Waals surface area (Å²) in [6, 6.07) is 8.39. The van der Waals surface area contributed by atoms with Crippen LogP contribution in [-0.4, -0.2) is 6.21 Å². The van der Waals surface area contributed by atoms with Crippen molar-refractivity contribution in [2.45, 2.75) is 33.3 Å². The molecule has 0 amide bonds. The predicted octanol–water partition coefficient (Wildman–Crippen LogP) is 3.16. The number of hydrogen-bond donors (Lipinski definition) is 0. The van der Waals surface area contributed by atoms with Crippen LogP contribution in [0.2, 0.25) is 0 Å². The second kappa shape index (κ2) is 6.19. The zero-order valence-corrected chi connectivity index (χ0v) is 8.86. The fourth-order valence-electron chi connectivity index (χ4n) is 1.18. The quantitative estimate of drug-likeness (QED) is 0.517. The molecule has 1 aromatic rings. The van der Waals surface area contributed by atoms with Crippen molar-refractivity contribution in [3.05, 3.63) is 35.4 Å².